The number of unbranched alkanes of at least 4 members (excludes halogenated alkanes) is 12. The third-order valence-corrected chi connectivity index (χ3v) is 10.5. The van der Waals surface area contributed by atoms with E-state index in [9.17, 15) is 27.9 Å². The molecule has 2 saturated heterocycles. The van der Waals surface area contributed by atoms with E-state index < -0.39 is 55.9 Å². The normalized spacial score (nSPS) is 25.1. The van der Waals surface area contributed by atoms with Gasteiger partial charge in [-0.1, -0.05) is 84.0 Å². The van der Waals surface area contributed by atoms with Crippen molar-refractivity contribution < 1.29 is 32.6 Å². The van der Waals surface area contributed by atoms with Crippen molar-refractivity contribution >= 4 is 27.7 Å². The van der Waals surface area contributed by atoms with Crippen LogP contribution in [0.3, 0.4) is 0 Å². The van der Waals surface area contributed by atoms with Crippen LogP contribution < -0.4 is 0 Å². The van der Waals surface area contributed by atoms with Gasteiger partial charge in [-0.15, -0.1) is 0 Å². The zero-order valence-corrected chi connectivity index (χ0v) is 22.8. The molecule has 0 bridgehead atoms. The molecule has 0 aromatic heterocycles. The first-order valence-electron chi connectivity index (χ1n) is 13.5. The van der Waals surface area contributed by atoms with Gasteiger partial charge in [-0.2, -0.15) is 0 Å². The number of fused-ring (bicyclic) bond motifs is 1. The molecule has 2 rings (SSSR count). The van der Waals surface area contributed by atoms with Crippen LogP contribution in [0.5, 0.6) is 0 Å². The minimum absolute atomic E-state index is 0.230. The van der Waals surface area contributed by atoms with E-state index in [0.717, 1.165) is 24.2 Å². The lowest BCUT2D eigenvalue weighted by Crippen LogP contribution is -2.66. The summed E-state index contributed by atoms with van der Waals surface area (Å²) in [6, 6.07) is -1.44. The zero-order valence-electron chi connectivity index (χ0n) is 22.0. The van der Waals surface area contributed by atoms with Crippen LogP contribution in [0.1, 0.15) is 118 Å². The molecule has 2 aliphatic rings. The largest absolute Gasteiger partial charge is 0.480 e. The number of β-lactam (4-membered cyclic amide) rings is 1. The molecular weight excluding hydrogens is 470 g/mol. The highest BCUT2D eigenvalue weighted by Gasteiger charge is 2.73. The Bertz CT molecular complexity index is 839. The number of hydrogen-bond donors (Lipinski definition) is 1. The summed E-state index contributed by atoms with van der Waals surface area (Å²) in [5.41, 5.74) is 0. The molecule has 0 aromatic rings. The SMILES string of the molecule is CCCCCCCCCCCCCCCC(=O)O[C@@H](C)[C@@H]1C(=O)N2[C@@H](C(=O)O)C(C)(C)S(=O)(=O)[C@H]12. The number of rotatable bonds is 17. The van der Waals surface area contributed by atoms with Crippen LogP contribution in [-0.4, -0.2) is 58.5 Å². The van der Waals surface area contributed by atoms with Crippen LogP contribution in [0.15, 0.2) is 0 Å². The molecule has 202 valence electrons. The van der Waals surface area contributed by atoms with Gasteiger partial charge in [0.15, 0.2) is 15.2 Å². The first-order chi connectivity index (χ1) is 16.5. The Kier molecular flexibility index (Phi) is 11.0. The molecule has 1 N–H and O–H groups in total. The Morgan fingerprint density at radius 2 is 1.40 bits per heavy atom. The van der Waals surface area contributed by atoms with Gasteiger partial charge in [-0.3, -0.25) is 9.59 Å². The average Bonchev–Trinajstić information content (AvgIpc) is 2.91. The average molecular weight is 516 g/mol. The van der Waals surface area contributed by atoms with Crippen molar-refractivity contribution in [1.29, 1.82) is 0 Å². The van der Waals surface area contributed by atoms with Gasteiger partial charge in [0.2, 0.25) is 5.91 Å². The third-order valence-electron chi connectivity index (χ3n) is 7.65. The Morgan fingerprint density at radius 3 is 1.86 bits per heavy atom. The first kappa shape index (κ1) is 29.6. The van der Waals surface area contributed by atoms with Crippen LogP contribution in [0.4, 0.5) is 0 Å². The van der Waals surface area contributed by atoms with Gasteiger partial charge in [0.05, 0.1) is 4.75 Å². The molecule has 4 atom stereocenters. The van der Waals surface area contributed by atoms with Crippen LogP contribution in [0.2, 0.25) is 0 Å². The van der Waals surface area contributed by atoms with E-state index in [-0.39, 0.29) is 6.42 Å². The van der Waals surface area contributed by atoms with Crippen molar-refractivity contribution in [2.75, 3.05) is 0 Å². The summed E-state index contributed by atoms with van der Waals surface area (Å²) in [7, 11) is -3.93. The maximum atomic E-state index is 12.9. The van der Waals surface area contributed by atoms with Crippen molar-refractivity contribution in [3.63, 3.8) is 0 Å². The maximum Gasteiger partial charge on any atom is 0.328 e. The molecule has 9 heteroatoms. The minimum Gasteiger partial charge on any atom is -0.480 e. The van der Waals surface area contributed by atoms with Crippen molar-refractivity contribution in [3.05, 3.63) is 0 Å². The molecule has 2 heterocycles. The summed E-state index contributed by atoms with van der Waals surface area (Å²) in [6.45, 7) is 6.40. The maximum absolute atomic E-state index is 12.9. The highest BCUT2D eigenvalue weighted by molar-refractivity contribution is 7.93. The lowest BCUT2D eigenvalue weighted by atomic mass is 9.88. The number of aliphatic carboxylic acids is 1. The van der Waals surface area contributed by atoms with Crippen LogP contribution in [-0.2, 0) is 29.0 Å². The molecule has 0 aliphatic carbocycles. The van der Waals surface area contributed by atoms with E-state index >= 15 is 0 Å². The number of carbonyl (C=O) groups excluding carboxylic acids is 2. The number of esters is 1. The summed E-state index contributed by atoms with van der Waals surface area (Å²) in [6.07, 6.45) is 15.0. The second kappa shape index (κ2) is 13.1. The van der Waals surface area contributed by atoms with Crippen LogP contribution in [0.25, 0.3) is 0 Å². The fraction of sp³-hybridized carbons (Fsp3) is 0.885. The van der Waals surface area contributed by atoms with Gasteiger partial charge in [0.1, 0.15) is 18.1 Å². The van der Waals surface area contributed by atoms with E-state index in [4.69, 9.17) is 4.74 Å². The lowest BCUT2D eigenvalue weighted by molar-refractivity contribution is -0.174. The predicted octanol–water partition coefficient (Wildman–Crippen LogP) is 4.84. The van der Waals surface area contributed by atoms with Gasteiger partial charge < -0.3 is 14.7 Å². The monoisotopic (exact) mass is 515 g/mol. The molecule has 2 aliphatic heterocycles. The zero-order chi connectivity index (χ0) is 26.2. The third kappa shape index (κ3) is 6.77. The Labute approximate surface area is 211 Å². The van der Waals surface area contributed by atoms with Gasteiger partial charge in [0.25, 0.3) is 0 Å². The van der Waals surface area contributed by atoms with Gasteiger partial charge in [-0.25, -0.2) is 13.2 Å². The first-order valence-corrected chi connectivity index (χ1v) is 15.0. The molecule has 8 nitrogen and oxygen atoms in total. The Morgan fingerprint density at radius 1 is 0.943 bits per heavy atom. The molecule has 0 radical (unpaired) electrons. The van der Waals surface area contributed by atoms with Crippen molar-refractivity contribution in [3.8, 4) is 0 Å². The van der Waals surface area contributed by atoms with E-state index in [1.165, 1.54) is 78.6 Å². The molecule has 0 spiro atoms. The fourth-order valence-corrected chi connectivity index (χ4v) is 7.80. The summed E-state index contributed by atoms with van der Waals surface area (Å²) in [5.74, 6) is -3.44. The van der Waals surface area contributed by atoms with Gasteiger partial charge >= 0.3 is 11.9 Å². The number of amides is 1. The number of carbonyl (C=O) groups is 3. The number of carboxylic acids is 1. The smallest absolute Gasteiger partial charge is 0.328 e. The van der Waals surface area contributed by atoms with Crippen molar-refractivity contribution in [2.45, 2.75) is 140 Å². The van der Waals surface area contributed by atoms with E-state index in [1.807, 2.05) is 0 Å². The fourth-order valence-electron chi connectivity index (χ4n) is 5.40. The van der Waals surface area contributed by atoms with E-state index in [0.29, 0.717) is 6.42 Å². The van der Waals surface area contributed by atoms with E-state index in [1.54, 1.807) is 0 Å². The summed E-state index contributed by atoms with van der Waals surface area (Å²) >= 11 is 0. The van der Waals surface area contributed by atoms with E-state index in [2.05, 4.69) is 6.92 Å². The number of ether oxygens (including phenoxy) is 1. The molecule has 0 unspecified atom stereocenters. The summed E-state index contributed by atoms with van der Waals surface area (Å²) in [4.78, 5) is 37.5. The molecule has 1 amide bonds. The Balaban J connectivity index is 1.63. The second-order valence-electron chi connectivity index (χ2n) is 10.7. The minimum atomic E-state index is -3.93. The number of carboxylic acid groups (broad SMARTS) is 1. The Hall–Kier alpha value is -1.64. The highest BCUT2D eigenvalue weighted by atomic mass is 32.2. The molecule has 0 saturated carbocycles. The number of hydrogen-bond acceptors (Lipinski definition) is 6. The lowest BCUT2D eigenvalue weighted by Gasteiger charge is -2.44. The number of sulfone groups is 1. The second-order valence-corrected chi connectivity index (χ2v) is 13.4. The summed E-state index contributed by atoms with van der Waals surface area (Å²) < 4.78 is 29.7. The number of nitrogens with zero attached hydrogens (tertiary/aromatic N) is 1. The molecular formula is C26H45NO7S. The predicted molar refractivity (Wildman–Crippen MR) is 134 cm³/mol. The van der Waals surface area contributed by atoms with Gasteiger partial charge in [-0.05, 0) is 27.2 Å². The van der Waals surface area contributed by atoms with Crippen molar-refractivity contribution in [1.82, 2.24) is 4.90 Å². The standard InChI is InChI=1S/C26H45NO7S/c1-5-6-7-8-9-10-11-12-13-14-15-16-17-18-20(28)34-19(2)21-23(29)27-22(25(30)31)26(3,4)35(32,33)24(21)27/h19,21-22,24H,5-18H2,1-4H3,(H,30,31)/t19-,21+,22-,24+/m0/s1. The molecule has 0 aromatic carbocycles. The highest BCUT2D eigenvalue weighted by Crippen LogP contribution is 2.50. The topological polar surface area (TPSA) is 118 Å². The quantitative estimate of drug-likeness (QED) is 0.167. The molecule has 35 heavy (non-hydrogen) atoms. The summed E-state index contributed by atoms with van der Waals surface area (Å²) in [5, 5.41) is 8.24. The van der Waals surface area contributed by atoms with Crippen molar-refractivity contribution in [2.24, 2.45) is 5.92 Å². The van der Waals surface area contributed by atoms with Crippen LogP contribution in [0, 0.1) is 5.92 Å². The molecule has 2 fully saturated rings. The van der Waals surface area contributed by atoms with Gasteiger partial charge in [0, 0.05) is 6.42 Å². The van der Waals surface area contributed by atoms with Crippen LogP contribution >= 0.6 is 0 Å².